The van der Waals surface area contributed by atoms with E-state index in [4.69, 9.17) is 0 Å². The molecule has 0 aromatic carbocycles. The van der Waals surface area contributed by atoms with E-state index in [1.807, 2.05) is 12.3 Å². The predicted molar refractivity (Wildman–Crippen MR) is 87.8 cm³/mol. The van der Waals surface area contributed by atoms with Crippen LogP contribution in [0.2, 0.25) is 0 Å². The van der Waals surface area contributed by atoms with Gasteiger partial charge >= 0.3 is 0 Å². The van der Waals surface area contributed by atoms with Crippen molar-refractivity contribution < 1.29 is 0 Å². The van der Waals surface area contributed by atoms with E-state index in [1.165, 1.54) is 26.2 Å². The molecule has 0 amide bonds. The summed E-state index contributed by atoms with van der Waals surface area (Å²) < 4.78 is 0. The van der Waals surface area contributed by atoms with Gasteiger partial charge in [0.25, 0.3) is 0 Å². The number of piperazine rings is 1. The van der Waals surface area contributed by atoms with E-state index in [2.05, 4.69) is 52.9 Å². The number of rotatable bonds is 5. The van der Waals surface area contributed by atoms with E-state index in [-0.39, 0.29) is 5.41 Å². The van der Waals surface area contributed by atoms with Gasteiger partial charge in [-0.15, -0.1) is 0 Å². The van der Waals surface area contributed by atoms with Gasteiger partial charge in [-0.3, -0.25) is 0 Å². The zero-order valence-corrected chi connectivity index (χ0v) is 13.9. The highest BCUT2D eigenvalue weighted by molar-refractivity contribution is 5.27. The Morgan fingerprint density at radius 2 is 1.90 bits per heavy atom. The third-order valence-electron chi connectivity index (χ3n) is 3.95. The molecule has 21 heavy (non-hydrogen) atoms. The fourth-order valence-electron chi connectivity index (χ4n) is 2.44. The van der Waals surface area contributed by atoms with Gasteiger partial charge in [-0.2, -0.15) is 0 Å². The van der Waals surface area contributed by atoms with Gasteiger partial charge in [0.05, 0.1) is 5.69 Å². The molecule has 1 aliphatic rings. The third kappa shape index (κ3) is 5.25. The number of aromatic nitrogens is 2. The Kier molecular flexibility index (Phi) is 5.53. The molecule has 5 heteroatoms. The summed E-state index contributed by atoms with van der Waals surface area (Å²) in [5.74, 6) is 0.751. The molecule has 0 unspecified atom stereocenters. The molecular formula is C16H29N5. The Morgan fingerprint density at radius 3 is 2.57 bits per heavy atom. The number of hydrogen-bond acceptors (Lipinski definition) is 5. The van der Waals surface area contributed by atoms with Crippen LogP contribution in [-0.2, 0) is 5.41 Å². The van der Waals surface area contributed by atoms with Crippen LogP contribution in [0, 0.1) is 0 Å². The van der Waals surface area contributed by atoms with Crippen molar-refractivity contribution in [1.29, 1.82) is 0 Å². The van der Waals surface area contributed by atoms with Crippen LogP contribution in [0.3, 0.4) is 0 Å². The number of likely N-dealkylation sites (N-methyl/N-ethyl adjacent to an activating group) is 1. The fourth-order valence-corrected chi connectivity index (χ4v) is 2.44. The second kappa shape index (κ2) is 7.18. The molecular weight excluding hydrogens is 262 g/mol. The molecule has 1 aromatic rings. The van der Waals surface area contributed by atoms with Gasteiger partial charge in [0.1, 0.15) is 0 Å². The van der Waals surface area contributed by atoms with E-state index in [0.717, 1.165) is 31.2 Å². The summed E-state index contributed by atoms with van der Waals surface area (Å²) in [5.41, 5.74) is 1.15. The monoisotopic (exact) mass is 291 g/mol. The molecule has 1 aromatic heterocycles. The highest BCUT2D eigenvalue weighted by Crippen LogP contribution is 2.19. The molecule has 0 aliphatic carbocycles. The smallest absolute Gasteiger partial charge is 0.222 e. The molecule has 0 saturated carbocycles. The number of hydrogen-bond donors (Lipinski definition) is 1. The minimum Gasteiger partial charge on any atom is -0.354 e. The van der Waals surface area contributed by atoms with Crippen molar-refractivity contribution in [2.24, 2.45) is 0 Å². The van der Waals surface area contributed by atoms with Gasteiger partial charge in [-0.05, 0) is 26.1 Å². The number of nitrogens with one attached hydrogen (secondary N) is 1. The van der Waals surface area contributed by atoms with Crippen molar-refractivity contribution in [3.8, 4) is 0 Å². The zero-order valence-electron chi connectivity index (χ0n) is 13.9. The average molecular weight is 291 g/mol. The molecule has 1 aliphatic heterocycles. The first-order valence-corrected chi connectivity index (χ1v) is 7.93. The molecule has 5 nitrogen and oxygen atoms in total. The second-order valence-corrected chi connectivity index (χ2v) is 6.94. The fraction of sp³-hybridized carbons (Fsp3) is 0.750. The molecule has 0 bridgehead atoms. The van der Waals surface area contributed by atoms with Crippen LogP contribution in [-0.4, -0.2) is 66.1 Å². The van der Waals surface area contributed by atoms with Gasteiger partial charge in [0.15, 0.2) is 0 Å². The van der Waals surface area contributed by atoms with E-state index in [9.17, 15) is 0 Å². The lowest BCUT2D eigenvalue weighted by Gasteiger charge is -2.32. The maximum absolute atomic E-state index is 4.60. The van der Waals surface area contributed by atoms with E-state index in [0.29, 0.717) is 0 Å². The molecule has 2 heterocycles. The first-order valence-electron chi connectivity index (χ1n) is 7.93. The molecule has 2 rings (SSSR count). The molecule has 0 atom stereocenters. The first kappa shape index (κ1) is 16.2. The zero-order chi connectivity index (χ0) is 15.3. The van der Waals surface area contributed by atoms with Crippen LogP contribution >= 0.6 is 0 Å². The van der Waals surface area contributed by atoms with Gasteiger partial charge in [-0.25, -0.2) is 9.97 Å². The average Bonchev–Trinajstić information content (AvgIpc) is 2.45. The number of nitrogens with zero attached hydrogens (tertiary/aromatic N) is 4. The second-order valence-electron chi connectivity index (χ2n) is 6.94. The van der Waals surface area contributed by atoms with Crippen LogP contribution in [0.5, 0.6) is 0 Å². The van der Waals surface area contributed by atoms with Crippen LogP contribution in [0.4, 0.5) is 5.95 Å². The summed E-state index contributed by atoms with van der Waals surface area (Å²) in [6, 6.07) is 2.00. The Hall–Kier alpha value is -1.20. The largest absolute Gasteiger partial charge is 0.354 e. The summed E-state index contributed by atoms with van der Waals surface area (Å²) in [4.78, 5) is 13.8. The lowest BCUT2D eigenvalue weighted by molar-refractivity contribution is 0.154. The highest BCUT2D eigenvalue weighted by atomic mass is 15.2. The summed E-state index contributed by atoms with van der Waals surface area (Å²) in [5, 5.41) is 3.35. The van der Waals surface area contributed by atoms with Crippen molar-refractivity contribution in [3.63, 3.8) is 0 Å². The quantitative estimate of drug-likeness (QED) is 0.839. The van der Waals surface area contributed by atoms with Crippen LogP contribution in [0.15, 0.2) is 12.3 Å². The predicted octanol–water partition coefficient (Wildman–Crippen LogP) is 1.82. The van der Waals surface area contributed by atoms with E-state index >= 15 is 0 Å². The van der Waals surface area contributed by atoms with Crippen molar-refractivity contribution in [3.05, 3.63) is 18.0 Å². The van der Waals surface area contributed by atoms with Gasteiger partial charge < -0.3 is 15.1 Å². The van der Waals surface area contributed by atoms with Gasteiger partial charge in [0.2, 0.25) is 5.95 Å². The van der Waals surface area contributed by atoms with Crippen molar-refractivity contribution >= 4 is 5.95 Å². The Morgan fingerprint density at radius 1 is 1.19 bits per heavy atom. The lowest BCUT2D eigenvalue weighted by Crippen LogP contribution is -2.44. The van der Waals surface area contributed by atoms with Crippen LogP contribution < -0.4 is 5.32 Å². The number of anilines is 1. The summed E-state index contributed by atoms with van der Waals surface area (Å²) in [6.07, 6.45) is 2.98. The SMILES string of the molecule is CN1CCN(CCCNc2nccc(C(C)(C)C)n2)CC1. The lowest BCUT2D eigenvalue weighted by atomic mass is 9.92. The maximum Gasteiger partial charge on any atom is 0.222 e. The van der Waals surface area contributed by atoms with E-state index in [1.54, 1.807) is 0 Å². The normalized spacial score (nSPS) is 17.9. The highest BCUT2D eigenvalue weighted by Gasteiger charge is 2.16. The van der Waals surface area contributed by atoms with Gasteiger partial charge in [-0.1, -0.05) is 20.8 Å². The topological polar surface area (TPSA) is 44.3 Å². The molecule has 0 radical (unpaired) electrons. The summed E-state index contributed by atoms with van der Waals surface area (Å²) >= 11 is 0. The Bertz CT molecular complexity index is 433. The molecule has 0 spiro atoms. The maximum atomic E-state index is 4.60. The summed E-state index contributed by atoms with van der Waals surface area (Å²) in [6.45, 7) is 13.3. The minimum atomic E-state index is 0.0686. The van der Waals surface area contributed by atoms with Crippen molar-refractivity contribution in [2.75, 3.05) is 51.6 Å². The van der Waals surface area contributed by atoms with E-state index < -0.39 is 0 Å². The minimum absolute atomic E-state index is 0.0686. The molecule has 1 N–H and O–H groups in total. The standard InChI is InChI=1S/C16H29N5/c1-16(2,3)14-6-8-18-15(19-14)17-7-5-9-21-12-10-20(4)11-13-21/h6,8H,5,7,9-13H2,1-4H3,(H,17,18,19). The molecule has 118 valence electrons. The summed E-state index contributed by atoms with van der Waals surface area (Å²) in [7, 11) is 2.19. The van der Waals surface area contributed by atoms with Crippen molar-refractivity contribution in [1.82, 2.24) is 19.8 Å². The third-order valence-corrected chi connectivity index (χ3v) is 3.95. The Balaban J connectivity index is 1.71. The van der Waals surface area contributed by atoms with Gasteiger partial charge in [0, 0.05) is 44.3 Å². The molecule has 1 saturated heterocycles. The molecule has 1 fully saturated rings. The van der Waals surface area contributed by atoms with Crippen molar-refractivity contribution in [2.45, 2.75) is 32.6 Å². The van der Waals surface area contributed by atoms with Crippen LogP contribution in [0.25, 0.3) is 0 Å². The van der Waals surface area contributed by atoms with Crippen LogP contribution in [0.1, 0.15) is 32.9 Å². The Labute approximate surface area is 128 Å². The first-order chi connectivity index (χ1) is 9.95.